The molecule has 2 N–H and O–H groups in total. The summed E-state index contributed by atoms with van der Waals surface area (Å²) in [6.07, 6.45) is 1.80. The van der Waals surface area contributed by atoms with E-state index in [1.807, 2.05) is 0 Å². The van der Waals surface area contributed by atoms with Gasteiger partial charge in [0.25, 0.3) is 0 Å². The Morgan fingerprint density at radius 1 is 1.30 bits per heavy atom. The summed E-state index contributed by atoms with van der Waals surface area (Å²) >= 11 is 0. The van der Waals surface area contributed by atoms with Gasteiger partial charge in [-0.15, -0.1) is 0 Å². The van der Waals surface area contributed by atoms with E-state index in [4.69, 9.17) is 0 Å². The predicted molar refractivity (Wildman–Crippen MR) is 75.1 cm³/mol. The third kappa shape index (κ3) is 4.19. The van der Waals surface area contributed by atoms with Gasteiger partial charge in [0.1, 0.15) is 0 Å². The fourth-order valence-electron chi connectivity index (χ4n) is 2.60. The molecule has 1 rings (SSSR count). The van der Waals surface area contributed by atoms with Crippen molar-refractivity contribution in [1.29, 1.82) is 0 Å². The Bertz CT molecular complexity index is 467. The average molecular weight is 305 g/mol. The standard InChI is InChI=1S/C13H23NO5S/c1-3-13(4-2,12(16)17)8-11(15)14-10-6-5-7-20(18,19)9-10/h10H,3-9H2,1-2H3,(H,14,15)(H,16,17). The van der Waals surface area contributed by atoms with Crippen LogP contribution in [0, 0.1) is 5.41 Å². The number of aliphatic carboxylic acids is 1. The number of carboxylic acid groups (broad SMARTS) is 1. The number of carbonyl (C=O) groups is 2. The van der Waals surface area contributed by atoms with E-state index in [1.54, 1.807) is 13.8 Å². The van der Waals surface area contributed by atoms with E-state index < -0.39 is 21.2 Å². The zero-order valence-electron chi connectivity index (χ0n) is 12.0. The Morgan fingerprint density at radius 3 is 2.35 bits per heavy atom. The first kappa shape index (κ1) is 16.9. The predicted octanol–water partition coefficient (Wildman–Crippen LogP) is 0.961. The van der Waals surface area contributed by atoms with Crippen molar-refractivity contribution < 1.29 is 23.1 Å². The van der Waals surface area contributed by atoms with Crippen molar-refractivity contribution in [1.82, 2.24) is 5.32 Å². The molecule has 0 aromatic rings. The zero-order valence-corrected chi connectivity index (χ0v) is 12.8. The van der Waals surface area contributed by atoms with Gasteiger partial charge in [-0.05, 0) is 25.7 Å². The minimum Gasteiger partial charge on any atom is -0.481 e. The lowest BCUT2D eigenvalue weighted by molar-refractivity contribution is -0.152. The molecule has 1 atom stereocenters. The Balaban J connectivity index is 2.65. The highest BCUT2D eigenvalue weighted by atomic mass is 32.2. The van der Waals surface area contributed by atoms with Crippen LogP contribution >= 0.6 is 0 Å². The second-order valence-electron chi connectivity index (χ2n) is 5.49. The topological polar surface area (TPSA) is 101 Å². The number of carboxylic acids is 1. The maximum atomic E-state index is 12.0. The maximum absolute atomic E-state index is 12.0. The van der Waals surface area contributed by atoms with Crippen molar-refractivity contribution in [3.8, 4) is 0 Å². The quantitative estimate of drug-likeness (QED) is 0.761. The molecular weight excluding hydrogens is 282 g/mol. The van der Waals surface area contributed by atoms with Crippen LogP contribution in [0.1, 0.15) is 46.0 Å². The average Bonchev–Trinajstić information content (AvgIpc) is 2.34. The van der Waals surface area contributed by atoms with Crippen LogP contribution in [-0.2, 0) is 19.4 Å². The van der Waals surface area contributed by atoms with Crippen LogP contribution < -0.4 is 5.32 Å². The van der Waals surface area contributed by atoms with Crippen molar-refractivity contribution in [2.45, 2.75) is 52.0 Å². The molecule has 1 amide bonds. The van der Waals surface area contributed by atoms with Crippen LogP contribution in [0.5, 0.6) is 0 Å². The number of nitrogens with one attached hydrogen (secondary N) is 1. The molecule has 6 nitrogen and oxygen atoms in total. The van der Waals surface area contributed by atoms with Crippen molar-refractivity contribution in [3.05, 3.63) is 0 Å². The van der Waals surface area contributed by atoms with Crippen LogP contribution in [0.15, 0.2) is 0 Å². The smallest absolute Gasteiger partial charge is 0.310 e. The van der Waals surface area contributed by atoms with Crippen LogP contribution in [-0.4, -0.2) is 42.9 Å². The first-order valence-electron chi connectivity index (χ1n) is 6.98. The molecule has 7 heteroatoms. The largest absolute Gasteiger partial charge is 0.481 e. The summed E-state index contributed by atoms with van der Waals surface area (Å²) in [6, 6.07) is -0.388. The Kier molecular flexibility index (Phi) is 5.56. The molecule has 0 bridgehead atoms. The number of sulfone groups is 1. The van der Waals surface area contributed by atoms with Gasteiger partial charge in [0.2, 0.25) is 5.91 Å². The Hall–Kier alpha value is -1.11. The van der Waals surface area contributed by atoms with Gasteiger partial charge in [0, 0.05) is 12.5 Å². The van der Waals surface area contributed by atoms with Gasteiger partial charge in [0.05, 0.1) is 16.9 Å². The highest BCUT2D eigenvalue weighted by Gasteiger charge is 2.38. The maximum Gasteiger partial charge on any atom is 0.310 e. The van der Waals surface area contributed by atoms with Gasteiger partial charge in [-0.1, -0.05) is 13.8 Å². The van der Waals surface area contributed by atoms with Gasteiger partial charge in [-0.25, -0.2) is 8.42 Å². The summed E-state index contributed by atoms with van der Waals surface area (Å²) in [5, 5.41) is 12.0. The molecule has 1 aliphatic heterocycles. The molecule has 0 aromatic carbocycles. The lowest BCUT2D eigenvalue weighted by Gasteiger charge is -2.28. The summed E-state index contributed by atoms with van der Waals surface area (Å²) in [5.41, 5.74) is -1.06. The third-order valence-electron chi connectivity index (χ3n) is 4.13. The van der Waals surface area contributed by atoms with Crippen LogP contribution in [0.2, 0.25) is 0 Å². The SMILES string of the molecule is CCC(CC)(CC(=O)NC1CCCS(=O)(=O)C1)C(=O)O. The number of rotatable bonds is 6. The molecule has 1 fully saturated rings. The molecule has 0 radical (unpaired) electrons. The fourth-order valence-corrected chi connectivity index (χ4v) is 4.24. The van der Waals surface area contributed by atoms with Gasteiger partial charge in [0.15, 0.2) is 9.84 Å². The molecule has 116 valence electrons. The van der Waals surface area contributed by atoms with Gasteiger partial charge >= 0.3 is 5.97 Å². The van der Waals surface area contributed by atoms with Crippen molar-refractivity contribution in [2.24, 2.45) is 5.41 Å². The van der Waals surface area contributed by atoms with Gasteiger partial charge in [-0.2, -0.15) is 0 Å². The lowest BCUT2D eigenvalue weighted by atomic mass is 9.79. The van der Waals surface area contributed by atoms with Crippen molar-refractivity contribution in [3.63, 3.8) is 0 Å². The van der Waals surface area contributed by atoms with Gasteiger partial charge in [-0.3, -0.25) is 9.59 Å². The monoisotopic (exact) mass is 305 g/mol. The van der Waals surface area contributed by atoms with E-state index in [0.717, 1.165) is 0 Å². The van der Waals surface area contributed by atoms with E-state index >= 15 is 0 Å². The summed E-state index contributed by atoms with van der Waals surface area (Å²) in [7, 11) is -3.08. The summed E-state index contributed by atoms with van der Waals surface area (Å²) in [6.45, 7) is 3.49. The molecule has 1 saturated heterocycles. The fraction of sp³-hybridized carbons (Fsp3) is 0.846. The summed E-state index contributed by atoms with van der Waals surface area (Å²) in [5.74, 6) is -1.23. The number of amides is 1. The highest BCUT2D eigenvalue weighted by molar-refractivity contribution is 7.91. The Labute approximate surface area is 119 Å². The molecule has 0 aliphatic carbocycles. The van der Waals surface area contributed by atoms with Gasteiger partial charge < -0.3 is 10.4 Å². The minimum absolute atomic E-state index is 0.0446. The van der Waals surface area contributed by atoms with Crippen LogP contribution in [0.25, 0.3) is 0 Å². The number of hydrogen-bond acceptors (Lipinski definition) is 4. The minimum atomic E-state index is -3.08. The van der Waals surface area contributed by atoms with Crippen LogP contribution in [0.4, 0.5) is 0 Å². The zero-order chi connectivity index (χ0) is 15.4. The van der Waals surface area contributed by atoms with E-state index in [-0.39, 0.29) is 29.9 Å². The summed E-state index contributed by atoms with van der Waals surface area (Å²) in [4.78, 5) is 23.3. The molecule has 1 heterocycles. The van der Waals surface area contributed by atoms with Crippen molar-refractivity contribution >= 4 is 21.7 Å². The first-order chi connectivity index (χ1) is 9.24. The Morgan fingerprint density at radius 2 is 1.90 bits per heavy atom. The molecule has 0 aromatic heterocycles. The van der Waals surface area contributed by atoms with Crippen LogP contribution in [0.3, 0.4) is 0 Å². The normalized spacial score (nSPS) is 22.2. The second kappa shape index (κ2) is 6.56. The second-order valence-corrected chi connectivity index (χ2v) is 7.72. The number of carbonyl (C=O) groups excluding carboxylic acids is 1. The van der Waals surface area contributed by atoms with E-state index in [0.29, 0.717) is 25.7 Å². The highest BCUT2D eigenvalue weighted by Crippen LogP contribution is 2.31. The van der Waals surface area contributed by atoms with E-state index in [9.17, 15) is 23.1 Å². The molecule has 0 spiro atoms. The van der Waals surface area contributed by atoms with Crippen molar-refractivity contribution in [2.75, 3.05) is 11.5 Å². The van der Waals surface area contributed by atoms with E-state index in [1.165, 1.54) is 0 Å². The molecular formula is C13H23NO5S. The first-order valence-corrected chi connectivity index (χ1v) is 8.80. The molecule has 1 aliphatic rings. The number of hydrogen-bond donors (Lipinski definition) is 2. The lowest BCUT2D eigenvalue weighted by Crippen LogP contribution is -2.45. The third-order valence-corrected chi connectivity index (χ3v) is 5.96. The molecule has 0 saturated carbocycles. The van der Waals surface area contributed by atoms with E-state index in [2.05, 4.69) is 5.32 Å². The summed E-state index contributed by atoms with van der Waals surface area (Å²) < 4.78 is 23.0. The molecule has 1 unspecified atom stereocenters. The molecule has 20 heavy (non-hydrogen) atoms.